The molecule has 4 heterocycles. The van der Waals surface area contributed by atoms with Gasteiger partial charge in [-0.3, -0.25) is 13.9 Å². The largest absolute Gasteiger partial charge is 0.497 e. The molecule has 0 bridgehead atoms. The van der Waals surface area contributed by atoms with E-state index in [0.717, 1.165) is 44.4 Å². The van der Waals surface area contributed by atoms with Gasteiger partial charge >= 0.3 is 0 Å². The summed E-state index contributed by atoms with van der Waals surface area (Å²) in [6, 6.07) is 21.3. The van der Waals surface area contributed by atoms with Crippen LogP contribution in [-0.2, 0) is 13.0 Å². The van der Waals surface area contributed by atoms with Crippen LogP contribution >= 0.6 is 11.3 Å². The molecule has 6 aromatic rings. The Labute approximate surface area is 216 Å². The van der Waals surface area contributed by atoms with Crippen LogP contribution in [-0.4, -0.2) is 48.9 Å². The summed E-state index contributed by atoms with van der Waals surface area (Å²) in [6.07, 6.45) is 2.47. The van der Waals surface area contributed by atoms with Crippen molar-refractivity contribution in [2.24, 2.45) is 0 Å². The molecule has 9 nitrogen and oxygen atoms in total. The van der Waals surface area contributed by atoms with Crippen molar-refractivity contribution in [3.05, 3.63) is 95.5 Å². The maximum absolute atomic E-state index is 13.1. The fraction of sp³-hybridized carbons (Fsp3) is 0.148. The molecule has 0 radical (unpaired) electrons. The number of carbonyl (C=O) groups is 1. The lowest BCUT2D eigenvalue weighted by molar-refractivity contribution is 0.0949. The number of thiazole rings is 1. The Kier molecular flexibility index (Phi) is 6.07. The molecular formula is C27H23N7O2S. The number of aromatic nitrogens is 6. The molecule has 0 aliphatic rings. The third-order valence-corrected chi connectivity index (χ3v) is 7.03. The van der Waals surface area contributed by atoms with E-state index in [1.54, 1.807) is 18.4 Å². The van der Waals surface area contributed by atoms with Crippen molar-refractivity contribution in [3.8, 4) is 16.3 Å². The first-order valence-electron chi connectivity index (χ1n) is 11.8. The maximum atomic E-state index is 13.1. The van der Waals surface area contributed by atoms with Crippen LogP contribution in [0.3, 0.4) is 0 Å². The average molecular weight is 510 g/mol. The highest BCUT2D eigenvalue weighted by Crippen LogP contribution is 2.27. The summed E-state index contributed by atoms with van der Waals surface area (Å²) in [6.45, 7) is 0.888. The van der Waals surface area contributed by atoms with Gasteiger partial charge in [-0.25, -0.2) is 4.98 Å². The zero-order valence-electron chi connectivity index (χ0n) is 20.0. The standard InChI is InChI=1S/C27H23N7O2S/c1-36-20-11-9-18(10-12-20)27-29-19(17-37-27)16-34-22-7-3-2-6-21(22)25(32-34)26(35)28-14-13-24-31-30-23-8-4-5-15-33(23)24/h2-12,15,17H,13-14,16H2,1H3,(H,28,35). The molecule has 0 aliphatic heterocycles. The molecule has 2 aromatic carbocycles. The number of nitrogens with zero attached hydrogens (tertiary/aromatic N) is 6. The first-order valence-corrected chi connectivity index (χ1v) is 12.7. The summed E-state index contributed by atoms with van der Waals surface area (Å²) >= 11 is 1.58. The van der Waals surface area contributed by atoms with E-state index in [0.29, 0.717) is 25.2 Å². The number of hydrogen-bond acceptors (Lipinski definition) is 7. The fourth-order valence-electron chi connectivity index (χ4n) is 4.25. The van der Waals surface area contributed by atoms with Crippen LogP contribution < -0.4 is 10.1 Å². The molecule has 0 aliphatic carbocycles. The second-order valence-corrected chi connectivity index (χ2v) is 9.30. The smallest absolute Gasteiger partial charge is 0.272 e. The van der Waals surface area contributed by atoms with Crippen LogP contribution in [0.2, 0.25) is 0 Å². The number of para-hydroxylation sites is 1. The van der Waals surface area contributed by atoms with Gasteiger partial charge in [-0.15, -0.1) is 21.5 Å². The van der Waals surface area contributed by atoms with E-state index < -0.39 is 0 Å². The monoisotopic (exact) mass is 509 g/mol. The fourth-order valence-corrected chi connectivity index (χ4v) is 5.06. The minimum absolute atomic E-state index is 0.221. The lowest BCUT2D eigenvalue weighted by atomic mass is 10.2. The average Bonchev–Trinajstić information content (AvgIpc) is 3.67. The topological polar surface area (TPSA) is 99.2 Å². The van der Waals surface area contributed by atoms with Crippen LogP contribution in [0.15, 0.2) is 78.3 Å². The van der Waals surface area contributed by atoms with Gasteiger partial charge in [0.2, 0.25) is 0 Å². The van der Waals surface area contributed by atoms with E-state index in [1.807, 2.05) is 87.4 Å². The molecule has 1 amide bonds. The number of amides is 1. The number of hydrogen-bond donors (Lipinski definition) is 1. The minimum Gasteiger partial charge on any atom is -0.497 e. The molecule has 10 heteroatoms. The van der Waals surface area contributed by atoms with Gasteiger partial charge in [-0.05, 0) is 42.5 Å². The third-order valence-electron chi connectivity index (χ3n) is 6.09. The summed E-state index contributed by atoms with van der Waals surface area (Å²) in [5, 5.41) is 19.8. The SMILES string of the molecule is COc1ccc(-c2nc(Cn3nc(C(=O)NCCc4nnc5ccccn45)c4ccccc43)cs2)cc1. The van der Waals surface area contributed by atoms with E-state index in [2.05, 4.69) is 20.6 Å². The van der Waals surface area contributed by atoms with Crippen molar-refractivity contribution in [1.82, 2.24) is 34.7 Å². The van der Waals surface area contributed by atoms with Crippen LogP contribution in [0.25, 0.3) is 27.1 Å². The number of carbonyl (C=O) groups excluding carboxylic acids is 1. The predicted octanol–water partition coefficient (Wildman–Crippen LogP) is 4.23. The summed E-state index contributed by atoms with van der Waals surface area (Å²) < 4.78 is 9.00. The van der Waals surface area contributed by atoms with Gasteiger partial charge in [0.05, 0.1) is 24.9 Å². The second-order valence-electron chi connectivity index (χ2n) is 8.45. The van der Waals surface area contributed by atoms with Gasteiger partial charge in [0, 0.05) is 35.5 Å². The van der Waals surface area contributed by atoms with E-state index in [1.165, 1.54) is 0 Å². The lowest BCUT2D eigenvalue weighted by Gasteiger charge is -2.03. The van der Waals surface area contributed by atoms with Crippen LogP contribution in [0.4, 0.5) is 0 Å². The Hall–Kier alpha value is -4.57. The van der Waals surface area contributed by atoms with Gasteiger partial charge < -0.3 is 10.1 Å². The number of rotatable bonds is 8. The molecule has 0 spiro atoms. The Morgan fingerprint density at radius 3 is 2.73 bits per heavy atom. The van der Waals surface area contributed by atoms with Gasteiger partial charge in [0.15, 0.2) is 11.3 Å². The first-order chi connectivity index (χ1) is 18.2. The molecule has 0 unspecified atom stereocenters. The molecule has 1 N–H and O–H groups in total. The Balaban J connectivity index is 1.19. The second kappa shape index (κ2) is 9.82. The zero-order chi connectivity index (χ0) is 25.2. The van der Waals surface area contributed by atoms with Crippen molar-refractivity contribution in [3.63, 3.8) is 0 Å². The first kappa shape index (κ1) is 22.9. The molecule has 37 heavy (non-hydrogen) atoms. The van der Waals surface area contributed by atoms with Crippen molar-refractivity contribution in [2.45, 2.75) is 13.0 Å². The van der Waals surface area contributed by atoms with Crippen LogP contribution in [0, 0.1) is 0 Å². The molecule has 0 saturated heterocycles. The Morgan fingerprint density at radius 2 is 1.86 bits per heavy atom. The number of ether oxygens (including phenoxy) is 1. The normalized spacial score (nSPS) is 11.3. The third kappa shape index (κ3) is 4.54. The van der Waals surface area contributed by atoms with Gasteiger partial charge in [-0.2, -0.15) is 5.10 Å². The number of nitrogens with one attached hydrogen (secondary N) is 1. The summed E-state index contributed by atoms with van der Waals surface area (Å²) in [5.74, 6) is 1.38. The zero-order valence-corrected chi connectivity index (χ0v) is 20.9. The van der Waals surface area contributed by atoms with E-state index in [4.69, 9.17) is 9.72 Å². The number of pyridine rings is 1. The molecule has 4 aromatic heterocycles. The highest BCUT2D eigenvalue weighted by molar-refractivity contribution is 7.13. The summed E-state index contributed by atoms with van der Waals surface area (Å²) in [4.78, 5) is 17.9. The summed E-state index contributed by atoms with van der Waals surface area (Å²) in [7, 11) is 1.65. The van der Waals surface area contributed by atoms with Crippen molar-refractivity contribution in [2.75, 3.05) is 13.7 Å². The van der Waals surface area contributed by atoms with Crippen molar-refractivity contribution < 1.29 is 9.53 Å². The Bertz CT molecular complexity index is 1700. The summed E-state index contributed by atoms with van der Waals surface area (Å²) in [5.41, 5.74) is 3.98. The predicted molar refractivity (Wildman–Crippen MR) is 142 cm³/mol. The quantitative estimate of drug-likeness (QED) is 0.330. The van der Waals surface area contributed by atoms with Crippen LogP contribution in [0.1, 0.15) is 22.0 Å². The lowest BCUT2D eigenvalue weighted by Crippen LogP contribution is -2.27. The highest BCUT2D eigenvalue weighted by Gasteiger charge is 2.18. The van der Waals surface area contributed by atoms with Gasteiger partial charge in [0.1, 0.15) is 16.6 Å². The molecule has 6 rings (SSSR count). The van der Waals surface area contributed by atoms with Crippen molar-refractivity contribution >= 4 is 33.8 Å². The number of methoxy groups -OCH3 is 1. The van der Waals surface area contributed by atoms with Gasteiger partial charge in [-0.1, -0.05) is 24.3 Å². The van der Waals surface area contributed by atoms with Crippen LogP contribution in [0.5, 0.6) is 5.75 Å². The van der Waals surface area contributed by atoms with E-state index in [9.17, 15) is 4.79 Å². The maximum Gasteiger partial charge on any atom is 0.272 e. The minimum atomic E-state index is -0.221. The number of fused-ring (bicyclic) bond motifs is 2. The highest BCUT2D eigenvalue weighted by atomic mass is 32.1. The van der Waals surface area contributed by atoms with E-state index in [-0.39, 0.29) is 5.91 Å². The van der Waals surface area contributed by atoms with Crippen molar-refractivity contribution in [1.29, 1.82) is 0 Å². The van der Waals surface area contributed by atoms with E-state index >= 15 is 0 Å². The number of benzene rings is 2. The molecule has 184 valence electrons. The Morgan fingerprint density at radius 1 is 1.03 bits per heavy atom. The molecule has 0 saturated carbocycles. The van der Waals surface area contributed by atoms with Gasteiger partial charge in [0.25, 0.3) is 5.91 Å². The molecule has 0 fully saturated rings. The molecule has 0 atom stereocenters. The molecular weight excluding hydrogens is 486 g/mol.